The first-order valence-corrected chi connectivity index (χ1v) is 7.20. The lowest BCUT2D eigenvalue weighted by Crippen LogP contribution is -2.32. The van der Waals surface area contributed by atoms with E-state index in [2.05, 4.69) is 17.0 Å². The lowest BCUT2D eigenvalue weighted by Gasteiger charge is -2.28. The summed E-state index contributed by atoms with van der Waals surface area (Å²) in [5.74, 6) is 2.36. The first-order chi connectivity index (χ1) is 9.79. The van der Waals surface area contributed by atoms with Crippen LogP contribution >= 0.6 is 0 Å². The summed E-state index contributed by atoms with van der Waals surface area (Å²) in [6.07, 6.45) is 3.57. The van der Waals surface area contributed by atoms with E-state index in [1.54, 1.807) is 0 Å². The SMILES string of the molecule is O=C1C=C2[C@@H]3CN(Cc4cc5c(cc43)OCO5)[C@H]2CC1. The Morgan fingerprint density at radius 3 is 2.95 bits per heavy atom. The number of ketones is 1. The highest BCUT2D eigenvalue weighted by atomic mass is 16.7. The Hall–Kier alpha value is -1.81. The fourth-order valence-electron chi connectivity index (χ4n) is 4.13. The van der Waals surface area contributed by atoms with Crippen LogP contribution in [0.15, 0.2) is 23.8 Å². The maximum absolute atomic E-state index is 11.8. The van der Waals surface area contributed by atoms with Gasteiger partial charge in [-0.3, -0.25) is 9.69 Å². The Morgan fingerprint density at radius 1 is 1.20 bits per heavy atom. The molecule has 0 spiro atoms. The van der Waals surface area contributed by atoms with Crippen LogP contribution in [0.4, 0.5) is 0 Å². The number of benzene rings is 1. The second kappa shape index (κ2) is 3.64. The van der Waals surface area contributed by atoms with Crippen LogP contribution in [0.5, 0.6) is 11.5 Å². The molecule has 0 saturated carbocycles. The summed E-state index contributed by atoms with van der Waals surface area (Å²) in [6.45, 7) is 2.31. The Balaban J connectivity index is 1.67. The van der Waals surface area contributed by atoms with Crippen molar-refractivity contribution in [3.05, 3.63) is 34.9 Å². The summed E-state index contributed by atoms with van der Waals surface area (Å²) in [6, 6.07) is 4.71. The average molecular weight is 269 g/mol. The molecule has 1 aromatic carbocycles. The zero-order valence-electron chi connectivity index (χ0n) is 11.1. The third kappa shape index (κ3) is 1.32. The highest BCUT2D eigenvalue weighted by Crippen LogP contribution is 2.49. The zero-order chi connectivity index (χ0) is 13.3. The van der Waals surface area contributed by atoms with E-state index in [4.69, 9.17) is 9.47 Å². The van der Waals surface area contributed by atoms with E-state index in [0.717, 1.165) is 31.0 Å². The molecular weight excluding hydrogens is 254 g/mol. The van der Waals surface area contributed by atoms with Crippen LogP contribution in [-0.2, 0) is 11.3 Å². The molecule has 0 aromatic heterocycles. The van der Waals surface area contributed by atoms with Crippen molar-refractivity contribution >= 4 is 5.78 Å². The quantitative estimate of drug-likeness (QED) is 0.722. The summed E-state index contributed by atoms with van der Waals surface area (Å²) < 4.78 is 11.0. The van der Waals surface area contributed by atoms with Crippen LogP contribution in [0.25, 0.3) is 0 Å². The fourth-order valence-corrected chi connectivity index (χ4v) is 4.13. The summed E-state index contributed by atoms with van der Waals surface area (Å²) in [5, 5.41) is 0. The maximum atomic E-state index is 11.8. The normalized spacial score (nSPS) is 32.7. The van der Waals surface area contributed by atoms with E-state index in [0.29, 0.717) is 25.2 Å². The highest BCUT2D eigenvalue weighted by molar-refractivity contribution is 5.92. The van der Waals surface area contributed by atoms with Crippen molar-refractivity contribution in [3.8, 4) is 11.5 Å². The van der Waals surface area contributed by atoms with Crippen molar-refractivity contribution in [2.75, 3.05) is 13.3 Å². The monoisotopic (exact) mass is 269 g/mol. The molecule has 0 radical (unpaired) electrons. The maximum Gasteiger partial charge on any atom is 0.231 e. The van der Waals surface area contributed by atoms with Crippen LogP contribution in [0.3, 0.4) is 0 Å². The number of allylic oxidation sites excluding steroid dienone is 1. The first kappa shape index (κ1) is 10.9. The third-order valence-electron chi connectivity index (χ3n) is 5.02. The van der Waals surface area contributed by atoms with E-state index in [-0.39, 0.29) is 5.78 Å². The van der Waals surface area contributed by atoms with Crippen LogP contribution in [-0.4, -0.2) is 30.1 Å². The topological polar surface area (TPSA) is 38.8 Å². The molecule has 0 N–H and O–H groups in total. The predicted molar refractivity (Wildman–Crippen MR) is 71.8 cm³/mol. The molecule has 5 rings (SSSR count). The second-order valence-electron chi connectivity index (χ2n) is 6.05. The first-order valence-electron chi connectivity index (χ1n) is 7.20. The van der Waals surface area contributed by atoms with Gasteiger partial charge in [0.1, 0.15) is 0 Å². The minimum Gasteiger partial charge on any atom is -0.454 e. The molecule has 3 heterocycles. The van der Waals surface area contributed by atoms with Gasteiger partial charge in [-0.2, -0.15) is 0 Å². The molecule has 1 aromatic rings. The molecule has 102 valence electrons. The van der Waals surface area contributed by atoms with Gasteiger partial charge in [-0.25, -0.2) is 0 Å². The molecule has 3 aliphatic heterocycles. The Labute approximate surface area is 117 Å². The summed E-state index contributed by atoms with van der Waals surface area (Å²) >= 11 is 0. The van der Waals surface area contributed by atoms with Gasteiger partial charge in [0.05, 0.1) is 0 Å². The van der Waals surface area contributed by atoms with Gasteiger partial charge in [0.25, 0.3) is 0 Å². The van der Waals surface area contributed by atoms with Gasteiger partial charge in [0.15, 0.2) is 17.3 Å². The Morgan fingerprint density at radius 2 is 2.05 bits per heavy atom. The van der Waals surface area contributed by atoms with Crippen LogP contribution in [0, 0.1) is 0 Å². The van der Waals surface area contributed by atoms with E-state index >= 15 is 0 Å². The van der Waals surface area contributed by atoms with Gasteiger partial charge in [0.2, 0.25) is 6.79 Å². The van der Waals surface area contributed by atoms with Gasteiger partial charge in [-0.1, -0.05) is 0 Å². The zero-order valence-corrected chi connectivity index (χ0v) is 11.1. The van der Waals surface area contributed by atoms with Gasteiger partial charge >= 0.3 is 0 Å². The average Bonchev–Trinajstić information content (AvgIpc) is 3.00. The standard InChI is InChI=1S/C16H15NO3/c18-10-1-2-14-12(4-10)13-7-17(14)6-9-3-15-16(5-11(9)13)20-8-19-15/h3-5,13-14H,1-2,6-8H2/t13-,14+/m1/s1. The van der Waals surface area contributed by atoms with Crippen molar-refractivity contribution in [1.29, 1.82) is 0 Å². The molecule has 3 atom stereocenters. The number of nitrogens with zero attached hydrogens (tertiary/aromatic N) is 1. The largest absolute Gasteiger partial charge is 0.454 e. The second-order valence-corrected chi connectivity index (χ2v) is 6.05. The lowest BCUT2D eigenvalue weighted by molar-refractivity contribution is -0.115. The number of carbonyl (C=O) groups excluding carboxylic acids is 1. The molecule has 4 heteroatoms. The van der Waals surface area contributed by atoms with Gasteiger partial charge in [-0.15, -0.1) is 0 Å². The predicted octanol–water partition coefficient (Wildman–Crippen LogP) is 1.99. The number of carbonyl (C=O) groups is 1. The van der Waals surface area contributed by atoms with E-state index in [9.17, 15) is 4.79 Å². The fraction of sp³-hybridized carbons (Fsp3) is 0.438. The smallest absolute Gasteiger partial charge is 0.231 e. The van der Waals surface area contributed by atoms with Crippen molar-refractivity contribution in [1.82, 2.24) is 4.90 Å². The van der Waals surface area contributed by atoms with Crippen molar-refractivity contribution < 1.29 is 14.3 Å². The molecule has 4 nitrogen and oxygen atoms in total. The molecule has 1 saturated heterocycles. The summed E-state index contributed by atoms with van der Waals surface area (Å²) in [5.41, 5.74) is 3.97. The van der Waals surface area contributed by atoms with E-state index < -0.39 is 0 Å². The van der Waals surface area contributed by atoms with Crippen LogP contribution in [0.1, 0.15) is 29.9 Å². The lowest BCUT2D eigenvalue weighted by atomic mass is 9.83. The highest BCUT2D eigenvalue weighted by Gasteiger charge is 2.44. The summed E-state index contributed by atoms with van der Waals surface area (Å²) in [7, 11) is 0. The van der Waals surface area contributed by atoms with Crippen LogP contribution < -0.4 is 9.47 Å². The minimum absolute atomic E-state index is 0.285. The molecule has 1 fully saturated rings. The van der Waals surface area contributed by atoms with Gasteiger partial charge in [0, 0.05) is 31.5 Å². The van der Waals surface area contributed by atoms with Crippen LogP contribution in [0.2, 0.25) is 0 Å². The molecule has 0 amide bonds. The van der Waals surface area contributed by atoms with E-state index in [1.165, 1.54) is 16.7 Å². The number of fused-ring (bicyclic) bond motifs is 8. The minimum atomic E-state index is 0.285. The van der Waals surface area contributed by atoms with Crippen molar-refractivity contribution in [2.45, 2.75) is 31.3 Å². The molecule has 20 heavy (non-hydrogen) atoms. The van der Waals surface area contributed by atoms with Crippen molar-refractivity contribution in [2.24, 2.45) is 0 Å². The third-order valence-corrected chi connectivity index (χ3v) is 5.02. The van der Waals surface area contributed by atoms with Gasteiger partial charge < -0.3 is 9.47 Å². The Bertz CT molecular complexity index is 664. The summed E-state index contributed by atoms with van der Waals surface area (Å²) in [4.78, 5) is 14.3. The van der Waals surface area contributed by atoms with E-state index in [1.807, 2.05) is 6.08 Å². The molecular formula is C16H15NO3. The molecule has 1 unspecified atom stereocenters. The van der Waals surface area contributed by atoms with Gasteiger partial charge in [-0.05, 0) is 41.3 Å². The number of hydrogen-bond donors (Lipinski definition) is 0. The number of hydrogen-bond acceptors (Lipinski definition) is 4. The number of ether oxygens (including phenoxy) is 2. The Kier molecular flexibility index (Phi) is 1.99. The molecule has 2 bridgehead atoms. The molecule has 1 aliphatic carbocycles. The number of rotatable bonds is 0. The molecule has 4 aliphatic rings. The van der Waals surface area contributed by atoms with Crippen molar-refractivity contribution in [3.63, 3.8) is 0 Å².